The molecule has 0 radical (unpaired) electrons. The molecule has 1 N–H and O–H groups in total. The number of carbonyl (C=O) groups is 1. The van der Waals surface area contributed by atoms with Gasteiger partial charge in [-0.2, -0.15) is 0 Å². The molecule has 106 valence electrons. The van der Waals surface area contributed by atoms with E-state index >= 15 is 0 Å². The molecule has 0 fully saturated rings. The van der Waals surface area contributed by atoms with Crippen LogP contribution in [0, 0.1) is 12.3 Å². The van der Waals surface area contributed by atoms with Crippen molar-refractivity contribution in [1.82, 2.24) is 10.3 Å². The largest absolute Gasteiger partial charge is 0.352 e. The molecule has 2 rings (SSSR count). The lowest BCUT2D eigenvalue weighted by atomic mass is 9.95. The molecular formula is C16H20N2OS. The molecule has 0 saturated carbocycles. The van der Waals surface area contributed by atoms with Crippen molar-refractivity contribution in [3.8, 4) is 10.6 Å². The Morgan fingerprint density at radius 2 is 2.10 bits per heavy atom. The molecule has 0 unspecified atom stereocenters. The van der Waals surface area contributed by atoms with Gasteiger partial charge in [0.15, 0.2) is 0 Å². The molecule has 0 aliphatic carbocycles. The summed E-state index contributed by atoms with van der Waals surface area (Å²) in [4.78, 5) is 16.4. The van der Waals surface area contributed by atoms with Crippen molar-refractivity contribution in [2.45, 2.75) is 34.2 Å². The monoisotopic (exact) mass is 288 g/mol. The summed E-state index contributed by atoms with van der Waals surface area (Å²) >= 11 is 1.64. The number of nitrogens with zero attached hydrogens (tertiary/aromatic N) is 1. The summed E-state index contributed by atoms with van der Waals surface area (Å²) in [6, 6.07) is 8.16. The molecule has 1 aromatic heterocycles. The first-order valence-electron chi connectivity index (χ1n) is 6.66. The number of aromatic nitrogens is 1. The van der Waals surface area contributed by atoms with E-state index in [9.17, 15) is 4.79 Å². The molecular weight excluding hydrogens is 268 g/mol. The molecule has 1 aromatic carbocycles. The average Bonchev–Trinajstić information content (AvgIpc) is 2.82. The number of aryl methyl sites for hydroxylation is 1. The van der Waals surface area contributed by atoms with E-state index in [1.165, 1.54) is 0 Å². The van der Waals surface area contributed by atoms with Crippen LogP contribution in [0.25, 0.3) is 10.6 Å². The molecule has 0 bridgehead atoms. The van der Waals surface area contributed by atoms with Crippen molar-refractivity contribution in [2.24, 2.45) is 5.41 Å². The fraction of sp³-hybridized carbons (Fsp3) is 0.375. The van der Waals surface area contributed by atoms with E-state index in [2.05, 4.69) is 16.4 Å². The van der Waals surface area contributed by atoms with Gasteiger partial charge in [0.25, 0.3) is 0 Å². The normalized spacial score (nSPS) is 11.4. The Hall–Kier alpha value is -1.68. The zero-order chi connectivity index (χ0) is 14.8. The summed E-state index contributed by atoms with van der Waals surface area (Å²) in [5, 5.41) is 6.03. The Morgan fingerprint density at radius 3 is 2.70 bits per heavy atom. The molecule has 0 atom stereocenters. The minimum atomic E-state index is -0.357. The van der Waals surface area contributed by atoms with Gasteiger partial charge in [-0.25, -0.2) is 4.98 Å². The molecule has 20 heavy (non-hydrogen) atoms. The third-order valence-corrected chi connectivity index (χ3v) is 3.94. The highest BCUT2D eigenvalue weighted by Gasteiger charge is 2.20. The van der Waals surface area contributed by atoms with Gasteiger partial charge in [0, 0.05) is 28.6 Å². The van der Waals surface area contributed by atoms with Crippen LogP contribution in [0.2, 0.25) is 0 Å². The fourth-order valence-electron chi connectivity index (χ4n) is 1.75. The van der Waals surface area contributed by atoms with Crippen molar-refractivity contribution in [2.75, 3.05) is 0 Å². The Labute approximate surface area is 124 Å². The highest BCUT2D eigenvalue weighted by molar-refractivity contribution is 7.13. The number of benzene rings is 1. The maximum absolute atomic E-state index is 11.9. The van der Waals surface area contributed by atoms with Crippen LogP contribution in [0.1, 0.15) is 32.0 Å². The second-order valence-corrected chi connectivity index (χ2v) is 6.79. The number of hydrogen-bond donors (Lipinski definition) is 1. The summed E-state index contributed by atoms with van der Waals surface area (Å²) in [6.45, 7) is 8.28. The van der Waals surface area contributed by atoms with E-state index in [0.717, 1.165) is 21.8 Å². The number of thiazole rings is 1. The number of carbonyl (C=O) groups excluding carboxylic acids is 1. The number of amides is 1. The van der Waals surface area contributed by atoms with Crippen molar-refractivity contribution in [1.29, 1.82) is 0 Å². The van der Waals surface area contributed by atoms with Gasteiger partial charge in [-0.1, -0.05) is 39.0 Å². The van der Waals surface area contributed by atoms with Gasteiger partial charge in [-0.15, -0.1) is 11.3 Å². The average molecular weight is 288 g/mol. The predicted molar refractivity (Wildman–Crippen MR) is 83.6 cm³/mol. The lowest BCUT2D eigenvalue weighted by Crippen LogP contribution is -2.34. The molecule has 0 aliphatic rings. The summed E-state index contributed by atoms with van der Waals surface area (Å²) in [6.07, 6.45) is 0. The van der Waals surface area contributed by atoms with E-state index < -0.39 is 0 Å². The third-order valence-electron chi connectivity index (χ3n) is 2.93. The Kier molecular flexibility index (Phi) is 4.23. The van der Waals surface area contributed by atoms with Crippen molar-refractivity contribution >= 4 is 17.2 Å². The van der Waals surface area contributed by atoms with Crippen LogP contribution in [0.5, 0.6) is 0 Å². The highest BCUT2D eigenvalue weighted by Crippen LogP contribution is 2.24. The summed E-state index contributed by atoms with van der Waals surface area (Å²) in [5.74, 6) is 0.0630. The number of hydrogen-bond acceptors (Lipinski definition) is 3. The first-order valence-corrected chi connectivity index (χ1v) is 7.54. The molecule has 0 saturated heterocycles. The van der Waals surface area contributed by atoms with Gasteiger partial charge in [-0.05, 0) is 18.6 Å². The van der Waals surface area contributed by atoms with E-state index in [0.29, 0.717) is 6.54 Å². The van der Waals surface area contributed by atoms with Gasteiger partial charge < -0.3 is 5.32 Å². The van der Waals surface area contributed by atoms with Crippen LogP contribution >= 0.6 is 11.3 Å². The minimum Gasteiger partial charge on any atom is -0.352 e. The second-order valence-electron chi connectivity index (χ2n) is 5.93. The third kappa shape index (κ3) is 3.67. The van der Waals surface area contributed by atoms with Crippen LogP contribution in [0.15, 0.2) is 29.6 Å². The maximum atomic E-state index is 11.9. The van der Waals surface area contributed by atoms with Crippen LogP contribution in [-0.2, 0) is 11.3 Å². The fourth-order valence-corrected chi connectivity index (χ4v) is 2.54. The molecule has 0 spiro atoms. The van der Waals surface area contributed by atoms with Crippen molar-refractivity contribution in [3.63, 3.8) is 0 Å². The van der Waals surface area contributed by atoms with Crippen LogP contribution in [0.3, 0.4) is 0 Å². The topological polar surface area (TPSA) is 42.0 Å². The van der Waals surface area contributed by atoms with Gasteiger partial charge >= 0.3 is 0 Å². The minimum absolute atomic E-state index is 0.0630. The number of nitrogens with one attached hydrogen (secondary N) is 1. The van der Waals surface area contributed by atoms with Gasteiger partial charge in [0.1, 0.15) is 5.01 Å². The zero-order valence-corrected chi connectivity index (χ0v) is 13.2. The Bertz CT molecular complexity index is 611. The van der Waals surface area contributed by atoms with Crippen LogP contribution < -0.4 is 5.32 Å². The summed E-state index contributed by atoms with van der Waals surface area (Å²) in [5.41, 5.74) is 2.87. The first-order chi connectivity index (χ1) is 9.36. The van der Waals surface area contributed by atoms with Crippen LogP contribution in [0.4, 0.5) is 0 Å². The lowest BCUT2D eigenvalue weighted by Gasteiger charge is -2.17. The van der Waals surface area contributed by atoms with Gasteiger partial charge in [0.05, 0.1) is 0 Å². The standard InChI is InChI=1S/C16H20N2OS/c1-11-10-20-14(18-11)13-7-5-6-12(8-13)9-17-15(19)16(2,3)4/h5-8,10H,9H2,1-4H3,(H,17,19). The summed E-state index contributed by atoms with van der Waals surface area (Å²) < 4.78 is 0. The Balaban J connectivity index is 2.09. The molecule has 1 heterocycles. The zero-order valence-electron chi connectivity index (χ0n) is 12.4. The lowest BCUT2D eigenvalue weighted by molar-refractivity contribution is -0.128. The molecule has 2 aromatic rings. The second kappa shape index (κ2) is 5.75. The molecule has 1 amide bonds. The predicted octanol–water partition coefficient (Wildman–Crippen LogP) is 3.78. The van der Waals surface area contributed by atoms with Crippen molar-refractivity contribution in [3.05, 3.63) is 40.9 Å². The van der Waals surface area contributed by atoms with E-state index in [-0.39, 0.29) is 11.3 Å². The van der Waals surface area contributed by atoms with Crippen molar-refractivity contribution < 1.29 is 4.79 Å². The van der Waals surface area contributed by atoms with Gasteiger partial charge in [-0.3, -0.25) is 4.79 Å². The van der Waals surface area contributed by atoms with Gasteiger partial charge in [0.2, 0.25) is 5.91 Å². The smallest absolute Gasteiger partial charge is 0.225 e. The van der Waals surface area contributed by atoms with E-state index in [1.54, 1.807) is 11.3 Å². The molecule has 4 heteroatoms. The number of rotatable bonds is 3. The molecule has 3 nitrogen and oxygen atoms in total. The quantitative estimate of drug-likeness (QED) is 0.934. The van der Waals surface area contributed by atoms with E-state index in [1.807, 2.05) is 51.3 Å². The molecule has 0 aliphatic heterocycles. The van der Waals surface area contributed by atoms with E-state index in [4.69, 9.17) is 0 Å². The first kappa shape index (κ1) is 14.7. The SMILES string of the molecule is Cc1csc(-c2cccc(CNC(=O)C(C)(C)C)c2)n1. The maximum Gasteiger partial charge on any atom is 0.225 e. The summed E-state index contributed by atoms with van der Waals surface area (Å²) in [7, 11) is 0. The Morgan fingerprint density at radius 1 is 1.35 bits per heavy atom. The van der Waals surface area contributed by atoms with Crippen LogP contribution in [-0.4, -0.2) is 10.9 Å². The highest BCUT2D eigenvalue weighted by atomic mass is 32.1.